The van der Waals surface area contributed by atoms with Gasteiger partial charge in [-0.2, -0.15) is 0 Å². The molecule has 0 bridgehead atoms. The second kappa shape index (κ2) is 5.12. The van der Waals surface area contributed by atoms with Crippen molar-refractivity contribution in [1.29, 1.82) is 0 Å². The van der Waals surface area contributed by atoms with Gasteiger partial charge in [-0.15, -0.1) is 11.3 Å². The summed E-state index contributed by atoms with van der Waals surface area (Å²) < 4.78 is 2.16. The molecule has 6 nitrogen and oxygen atoms in total. The van der Waals surface area contributed by atoms with E-state index in [1.165, 1.54) is 11.3 Å². The molecule has 0 unspecified atom stereocenters. The van der Waals surface area contributed by atoms with Crippen molar-refractivity contribution in [3.05, 3.63) is 40.1 Å². The first-order chi connectivity index (χ1) is 9.28. The molecule has 2 aromatic heterocycles. The van der Waals surface area contributed by atoms with Crippen LogP contribution in [0, 0.1) is 0 Å². The number of hydrogen-bond acceptors (Lipinski definition) is 5. The zero-order valence-electron chi connectivity index (χ0n) is 10.4. The molecule has 1 aliphatic rings. The summed E-state index contributed by atoms with van der Waals surface area (Å²) in [4.78, 5) is 18.9. The van der Waals surface area contributed by atoms with Gasteiger partial charge in [-0.05, 0) is 17.0 Å². The van der Waals surface area contributed by atoms with Crippen LogP contribution in [0.4, 0.5) is 0 Å². The molecular weight excluding hydrogens is 262 g/mol. The molecule has 1 amide bonds. The number of thiophene rings is 1. The Kier molecular flexibility index (Phi) is 3.33. The summed E-state index contributed by atoms with van der Waals surface area (Å²) in [7, 11) is 0. The number of aromatic nitrogens is 2. The van der Waals surface area contributed by atoms with Crippen molar-refractivity contribution in [2.45, 2.75) is 19.6 Å². The topological polar surface area (TPSA) is 76.2 Å². The standard InChI is InChI=1S/C12H15N5OS/c13-15-12(18)11-9(1-6-19-11)7-16-4-5-17-3-2-14-10(17)8-16/h1-3,6H,4-5,7-8,13H2,(H,15,18). The molecule has 3 rings (SSSR count). The van der Waals surface area contributed by atoms with Gasteiger partial charge in [0.1, 0.15) is 5.82 Å². The summed E-state index contributed by atoms with van der Waals surface area (Å²) in [6, 6.07) is 1.98. The number of rotatable bonds is 3. The lowest BCUT2D eigenvalue weighted by molar-refractivity contribution is 0.0955. The highest BCUT2D eigenvalue weighted by atomic mass is 32.1. The number of carbonyl (C=O) groups excluding carboxylic acids is 1. The minimum atomic E-state index is -0.219. The van der Waals surface area contributed by atoms with Gasteiger partial charge >= 0.3 is 0 Å². The summed E-state index contributed by atoms with van der Waals surface area (Å²) in [5.41, 5.74) is 3.21. The highest BCUT2D eigenvalue weighted by Crippen LogP contribution is 2.20. The molecule has 19 heavy (non-hydrogen) atoms. The van der Waals surface area contributed by atoms with E-state index in [2.05, 4.69) is 19.9 Å². The molecule has 0 atom stereocenters. The van der Waals surface area contributed by atoms with Crippen LogP contribution in [0.5, 0.6) is 0 Å². The third-order valence-electron chi connectivity index (χ3n) is 3.30. The van der Waals surface area contributed by atoms with Crippen LogP contribution >= 0.6 is 11.3 Å². The molecule has 7 heteroatoms. The molecule has 1 aliphatic heterocycles. The molecule has 3 N–H and O–H groups in total. The third kappa shape index (κ3) is 2.40. The number of imidazole rings is 1. The first-order valence-corrected chi connectivity index (χ1v) is 6.95. The van der Waals surface area contributed by atoms with Crippen molar-refractivity contribution in [3.63, 3.8) is 0 Å². The number of carbonyl (C=O) groups is 1. The molecule has 0 saturated carbocycles. The highest BCUT2D eigenvalue weighted by molar-refractivity contribution is 7.12. The van der Waals surface area contributed by atoms with Crippen LogP contribution in [-0.2, 0) is 19.6 Å². The van der Waals surface area contributed by atoms with Crippen LogP contribution in [0.3, 0.4) is 0 Å². The van der Waals surface area contributed by atoms with Crippen molar-refractivity contribution in [1.82, 2.24) is 19.9 Å². The van der Waals surface area contributed by atoms with Crippen molar-refractivity contribution < 1.29 is 4.79 Å². The van der Waals surface area contributed by atoms with Gasteiger partial charge in [0.05, 0.1) is 11.4 Å². The number of nitrogens with two attached hydrogens (primary N) is 1. The van der Waals surface area contributed by atoms with Crippen LogP contribution < -0.4 is 11.3 Å². The quantitative estimate of drug-likeness (QED) is 0.488. The third-order valence-corrected chi connectivity index (χ3v) is 4.26. The fourth-order valence-electron chi connectivity index (χ4n) is 2.32. The van der Waals surface area contributed by atoms with Gasteiger partial charge in [0, 0.05) is 32.0 Å². The number of fused-ring (bicyclic) bond motifs is 1. The molecule has 0 spiro atoms. The fourth-order valence-corrected chi connectivity index (χ4v) is 3.14. The van der Waals surface area contributed by atoms with Crippen molar-refractivity contribution >= 4 is 17.2 Å². The van der Waals surface area contributed by atoms with E-state index in [-0.39, 0.29) is 5.91 Å². The maximum Gasteiger partial charge on any atom is 0.275 e. The second-order valence-electron chi connectivity index (χ2n) is 4.50. The Balaban J connectivity index is 1.73. The zero-order valence-corrected chi connectivity index (χ0v) is 11.2. The largest absolute Gasteiger partial charge is 0.333 e. The van der Waals surface area contributed by atoms with Crippen LogP contribution in [-0.4, -0.2) is 26.9 Å². The highest BCUT2D eigenvalue weighted by Gasteiger charge is 2.19. The van der Waals surface area contributed by atoms with E-state index in [0.717, 1.165) is 37.6 Å². The zero-order chi connectivity index (χ0) is 13.2. The lowest BCUT2D eigenvalue weighted by atomic mass is 10.2. The fraction of sp³-hybridized carbons (Fsp3) is 0.333. The molecule has 2 aromatic rings. The second-order valence-corrected chi connectivity index (χ2v) is 5.41. The summed E-state index contributed by atoms with van der Waals surface area (Å²) in [5, 5.41) is 1.92. The lowest BCUT2D eigenvalue weighted by Crippen LogP contribution is -2.34. The first kappa shape index (κ1) is 12.3. The molecule has 0 radical (unpaired) electrons. The Hall–Kier alpha value is -1.70. The van der Waals surface area contributed by atoms with Gasteiger partial charge in [0.25, 0.3) is 5.91 Å². The average molecular weight is 277 g/mol. The molecule has 0 saturated heterocycles. The minimum Gasteiger partial charge on any atom is -0.333 e. The lowest BCUT2D eigenvalue weighted by Gasteiger charge is -2.27. The molecule has 0 fully saturated rings. The van der Waals surface area contributed by atoms with Gasteiger partial charge in [0.2, 0.25) is 0 Å². The Labute approximate surface area is 114 Å². The van der Waals surface area contributed by atoms with Crippen LogP contribution in [0.25, 0.3) is 0 Å². The first-order valence-electron chi connectivity index (χ1n) is 6.07. The van der Waals surface area contributed by atoms with Crippen molar-refractivity contribution in [2.24, 2.45) is 5.84 Å². The number of nitrogen functional groups attached to an aromatic ring is 1. The van der Waals surface area contributed by atoms with E-state index in [1.54, 1.807) is 0 Å². The SMILES string of the molecule is NNC(=O)c1sccc1CN1CCn2ccnc2C1. The summed E-state index contributed by atoms with van der Waals surface area (Å²) in [6.45, 7) is 3.46. The molecule has 0 aromatic carbocycles. The minimum absolute atomic E-state index is 0.219. The van der Waals surface area contributed by atoms with Gasteiger partial charge < -0.3 is 4.57 Å². The Morgan fingerprint density at radius 2 is 2.42 bits per heavy atom. The average Bonchev–Trinajstić information content (AvgIpc) is 3.06. The van der Waals surface area contributed by atoms with E-state index < -0.39 is 0 Å². The molecule has 100 valence electrons. The summed E-state index contributed by atoms with van der Waals surface area (Å²) >= 11 is 1.42. The summed E-state index contributed by atoms with van der Waals surface area (Å²) in [5.74, 6) is 6.05. The predicted molar refractivity (Wildman–Crippen MR) is 72.3 cm³/mol. The smallest absolute Gasteiger partial charge is 0.275 e. The van der Waals surface area contributed by atoms with E-state index >= 15 is 0 Å². The van der Waals surface area contributed by atoms with Crippen molar-refractivity contribution in [2.75, 3.05) is 6.54 Å². The van der Waals surface area contributed by atoms with E-state index in [1.807, 2.05) is 23.8 Å². The maximum absolute atomic E-state index is 11.6. The molecule has 3 heterocycles. The Morgan fingerprint density at radius 3 is 3.26 bits per heavy atom. The van der Waals surface area contributed by atoms with E-state index in [0.29, 0.717) is 4.88 Å². The van der Waals surface area contributed by atoms with Gasteiger partial charge in [-0.1, -0.05) is 0 Å². The normalized spacial score (nSPS) is 15.2. The Morgan fingerprint density at radius 1 is 1.53 bits per heavy atom. The predicted octanol–water partition coefficient (Wildman–Crippen LogP) is 0.564. The number of nitrogens with one attached hydrogen (secondary N) is 1. The number of amides is 1. The maximum atomic E-state index is 11.6. The van der Waals surface area contributed by atoms with Gasteiger partial charge in [0.15, 0.2) is 0 Å². The van der Waals surface area contributed by atoms with E-state index in [9.17, 15) is 4.79 Å². The van der Waals surface area contributed by atoms with Gasteiger partial charge in [-0.3, -0.25) is 15.1 Å². The number of nitrogens with zero attached hydrogens (tertiary/aromatic N) is 3. The molecule has 0 aliphatic carbocycles. The van der Waals surface area contributed by atoms with Crippen LogP contribution in [0.15, 0.2) is 23.8 Å². The Bertz CT molecular complexity index is 590. The van der Waals surface area contributed by atoms with Crippen molar-refractivity contribution in [3.8, 4) is 0 Å². The number of hydrogen-bond donors (Lipinski definition) is 2. The monoisotopic (exact) mass is 277 g/mol. The van der Waals surface area contributed by atoms with E-state index in [4.69, 9.17) is 5.84 Å². The van der Waals surface area contributed by atoms with Crippen LogP contribution in [0.2, 0.25) is 0 Å². The van der Waals surface area contributed by atoms with Crippen LogP contribution in [0.1, 0.15) is 21.1 Å². The molecular formula is C12H15N5OS. The van der Waals surface area contributed by atoms with Gasteiger partial charge in [-0.25, -0.2) is 10.8 Å². The number of hydrazine groups is 1. The summed E-state index contributed by atoms with van der Waals surface area (Å²) in [6.07, 6.45) is 3.83.